The van der Waals surface area contributed by atoms with E-state index in [1.54, 1.807) is 0 Å². The Morgan fingerprint density at radius 1 is 0.923 bits per heavy atom. The summed E-state index contributed by atoms with van der Waals surface area (Å²) in [4.78, 5) is 52.0. The van der Waals surface area contributed by atoms with Crippen molar-refractivity contribution in [3.8, 4) is 0 Å². The number of aliphatic hydroxyl groups is 1. The molecule has 0 aromatic carbocycles. The molecule has 80 valence electrons. The van der Waals surface area contributed by atoms with E-state index >= 15 is 0 Å². The van der Waals surface area contributed by atoms with E-state index in [2.05, 4.69) is 0 Å². The molecule has 0 unspecified atom stereocenters. The molecule has 0 amide bonds. The van der Waals surface area contributed by atoms with Crippen molar-refractivity contribution in [2.45, 2.75) is 11.5 Å². The Kier molecular flexibility index (Phi) is 4.12. The van der Waals surface area contributed by atoms with Crippen molar-refractivity contribution < 1.29 is 34.5 Å². The number of hydrogen-bond acceptors (Lipinski definition) is 8. The van der Waals surface area contributed by atoms with Crippen LogP contribution in [0.1, 0.15) is 6.42 Å². The molecule has 0 atom stereocenters. The molecule has 0 bridgehead atoms. The lowest BCUT2D eigenvalue weighted by molar-refractivity contribution is 0.0987. The van der Waals surface area contributed by atoms with Gasteiger partial charge in [0.1, 0.15) is 0 Å². The molecule has 0 rings (SSSR count). The monoisotopic (exact) mass is 237 g/mol. The van der Waals surface area contributed by atoms with Crippen molar-refractivity contribution in [3.63, 3.8) is 0 Å². The predicted molar refractivity (Wildman–Crippen MR) is 45.8 cm³/mol. The first kappa shape index (κ1) is 13.5. The zero-order valence-corrected chi connectivity index (χ0v) is 8.31. The van der Waals surface area contributed by atoms with Crippen molar-refractivity contribution in [1.82, 2.24) is 0 Å². The van der Waals surface area contributed by atoms with Crippen molar-refractivity contribution in [1.29, 1.82) is 0 Å². The molecule has 0 saturated heterocycles. The molecule has 0 fully saturated rings. The van der Waals surface area contributed by atoms with E-state index in [1.807, 2.05) is 0 Å². The molecule has 0 saturated carbocycles. The van der Waals surface area contributed by atoms with Crippen LogP contribution in [0, 0.1) is 0 Å². The van der Waals surface area contributed by atoms with Gasteiger partial charge in [-0.3, -0.25) is 0 Å². The van der Waals surface area contributed by atoms with Crippen LogP contribution in [0.15, 0.2) is 0 Å². The molecule has 0 aliphatic heterocycles. The maximum Gasteiger partial charge on any atom is 0.489 e. The summed E-state index contributed by atoms with van der Waals surface area (Å²) in [6, 6.07) is 0. The summed E-state index contributed by atoms with van der Waals surface area (Å²) >= 11 is 0. The van der Waals surface area contributed by atoms with Crippen LogP contribution in [-0.2, 0) is 0 Å². The fourth-order valence-corrected chi connectivity index (χ4v) is 2.97. The lowest BCUT2D eigenvalue weighted by atomic mass is 10.5. The van der Waals surface area contributed by atoms with Gasteiger partial charge >= 0.3 is 21.0 Å². The molecule has 0 aliphatic carbocycles. The zero-order valence-electron chi connectivity index (χ0n) is 6.52. The van der Waals surface area contributed by atoms with Crippen LogP contribution in [0.2, 0.25) is 0 Å². The van der Waals surface area contributed by atoms with Gasteiger partial charge < -0.3 is 10.8 Å². The zero-order chi connectivity index (χ0) is 10.9. The largest absolute Gasteiger partial charge is 0.489 e. The third-order valence-corrected chi connectivity index (χ3v) is 5.42. The van der Waals surface area contributed by atoms with E-state index in [9.17, 15) is 5.11 Å². The lowest BCUT2D eigenvalue weighted by Gasteiger charge is -2.24. The van der Waals surface area contributed by atoms with Gasteiger partial charge in [-0.05, 0) is 0 Å². The van der Waals surface area contributed by atoms with E-state index in [1.165, 1.54) is 0 Å². The molecule has 0 radical (unpaired) electrons. The summed E-state index contributed by atoms with van der Waals surface area (Å²) in [7, 11) is -10.0. The number of rotatable bonds is 4. The maximum atomic E-state index is 9.20. The van der Waals surface area contributed by atoms with Crippen LogP contribution in [0.5, 0.6) is 0 Å². The van der Waals surface area contributed by atoms with E-state index in [0.29, 0.717) is 0 Å². The predicted octanol–water partition coefficient (Wildman–Crippen LogP) is -2.54. The Balaban J connectivity index is 4.96. The highest BCUT2D eigenvalue weighted by molar-refractivity contribution is 7.78. The summed E-state index contributed by atoms with van der Waals surface area (Å²) in [5.41, 5.74) is 4.92. The van der Waals surface area contributed by atoms with Crippen LogP contribution in [0.25, 0.3) is 0 Å². The molecule has 8 nitrogen and oxygen atoms in total. The Morgan fingerprint density at radius 2 is 1.23 bits per heavy atom. The smallest absolute Gasteiger partial charge is 0.330 e. The minimum atomic E-state index is -5.00. The van der Waals surface area contributed by atoms with Gasteiger partial charge in [-0.2, -0.15) is 29.4 Å². The van der Waals surface area contributed by atoms with Crippen molar-refractivity contribution in [2.75, 3.05) is 6.54 Å². The van der Waals surface area contributed by atoms with E-state index in [4.69, 9.17) is 35.1 Å². The molecule has 0 heterocycles. The highest BCUT2D eigenvalue weighted by Gasteiger charge is 2.78. The van der Waals surface area contributed by atoms with Gasteiger partial charge in [-0.15, -0.1) is 0 Å². The van der Waals surface area contributed by atoms with Gasteiger partial charge in [0, 0.05) is 6.54 Å². The van der Waals surface area contributed by atoms with Crippen LogP contribution >= 0.6 is 15.9 Å². The average Bonchev–Trinajstić information content (AvgIpc) is 1.82. The molecular formula is C3H13NO7P2+2. The van der Waals surface area contributed by atoms with Crippen molar-refractivity contribution in [3.05, 3.63) is 0 Å². The van der Waals surface area contributed by atoms with Crippen molar-refractivity contribution >= 4 is 15.9 Å². The van der Waals surface area contributed by atoms with Gasteiger partial charge in [-0.25, -0.2) is 0 Å². The Bertz CT molecular complexity index is 160. The van der Waals surface area contributed by atoms with Crippen LogP contribution in [0.4, 0.5) is 0 Å². The molecule has 9 N–H and O–H groups in total. The van der Waals surface area contributed by atoms with Gasteiger partial charge in [0.25, 0.3) is 0 Å². The van der Waals surface area contributed by atoms with E-state index in [-0.39, 0.29) is 6.54 Å². The molecule has 13 heavy (non-hydrogen) atoms. The van der Waals surface area contributed by atoms with E-state index in [0.717, 1.165) is 0 Å². The molecule has 0 spiro atoms. The summed E-state index contributed by atoms with van der Waals surface area (Å²) in [5, 5.41) is 6.06. The van der Waals surface area contributed by atoms with Crippen LogP contribution < -0.4 is 5.73 Å². The summed E-state index contributed by atoms with van der Waals surface area (Å²) in [5.74, 6) is 0. The number of nitrogens with two attached hydrogens (primary N) is 1. The first-order valence-corrected chi connectivity index (χ1v) is 6.43. The minimum absolute atomic E-state index is 0.372. The third-order valence-electron chi connectivity index (χ3n) is 1.44. The summed E-state index contributed by atoms with van der Waals surface area (Å²) in [6.45, 7) is -0.372. The molecule has 0 aliphatic rings. The first-order chi connectivity index (χ1) is 5.56. The van der Waals surface area contributed by atoms with E-state index < -0.39 is 27.4 Å². The second-order valence-corrected chi connectivity index (χ2v) is 6.56. The fourth-order valence-electron chi connectivity index (χ4n) is 0.674. The highest BCUT2D eigenvalue weighted by atomic mass is 31.3. The van der Waals surface area contributed by atoms with Crippen molar-refractivity contribution in [2.24, 2.45) is 5.73 Å². The average molecular weight is 237 g/mol. The number of hydrogen-bond donors (Lipinski definition) is 8. The van der Waals surface area contributed by atoms with Gasteiger partial charge in [-0.1, -0.05) is 0 Å². The summed E-state index contributed by atoms with van der Waals surface area (Å²) in [6.07, 6.45) is -0.748. The van der Waals surface area contributed by atoms with Gasteiger partial charge in [0.05, 0.1) is 6.42 Å². The lowest BCUT2D eigenvalue weighted by Crippen LogP contribution is -2.36. The second-order valence-electron chi connectivity index (χ2n) is 2.45. The Labute approximate surface area is 75.1 Å². The fraction of sp³-hybridized carbons (Fsp3) is 1.00. The SMILES string of the molecule is NCCC(O)([P+](O)(O)O)[P+](O)(O)O. The molecule has 0 aromatic rings. The van der Waals surface area contributed by atoms with Crippen LogP contribution in [-0.4, -0.2) is 46.1 Å². The second kappa shape index (κ2) is 3.96. The maximum absolute atomic E-state index is 9.20. The normalized spacial score (nSPS) is 14.8. The molecular weight excluding hydrogens is 224 g/mol. The van der Waals surface area contributed by atoms with Gasteiger partial charge in [0.2, 0.25) is 0 Å². The Morgan fingerprint density at radius 3 is 1.31 bits per heavy atom. The Hall–Kier alpha value is 0.540. The first-order valence-electron chi connectivity index (χ1n) is 3.13. The molecule has 10 heteroatoms. The van der Waals surface area contributed by atoms with Crippen LogP contribution in [0.3, 0.4) is 0 Å². The highest BCUT2D eigenvalue weighted by Crippen LogP contribution is 2.76. The van der Waals surface area contributed by atoms with Gasteiger partial charge in [0.15, 0.2) is 0 Å². The third kappa shape index (κ3) is 2.74. The summed E-state index contributed by atoms with van der Waals surface area (Å²) < 4.78 is 0. The quantitative estimate of drug-likeness (QED) is 0.247. The topological polar surface area (TPSA) is 168 Å². The minimum Gasteiger partial charge on any atom is -0.330 e. The standard InChI is InChI=1S/C3H13NO7P2/c4-2-1-3(5,12(6,7)8)13(9,10)11/h5-11H,1-2,4H2/q+2. The molecule has 0 aromatic heterocycles.